The number of halogens is 3. The van der Waals surface area contributed by atoms with Crippen molar-refractivity contribution >= 4 is 28.7 Å². The van der Waals surface area contributed by atoms with Gasteiger partial charge in [0.05, 0.1) is 24.1 Å². The first kappa shape index (κ1) is 18.7. The van der Waals surface area contributed by atoms with E-state index in [4.69, 9.17) is 12.2 Å². The number of nitrogens with one attached hydrogen (secondary N) is 2. The topological polar surface area (TPSA) is 51.1 Å². The molecule has 0 bridgehead atoms. The number of alkyl halides is 2. The number of benzene rings is 2. The van der Waals surface area contributed by atoms with Crippen molar-refractivity contribution in [2.45, 2.75) is 13.2 Å². The molecule has 0 aliphatic carbocycles. The molecule has 5 nitrogen and oxygen atoms in total. The number of hydrogen-bond acceptors (Lipinski definition) is 3. The third-order valence-electron chi connectivity index (χ3n) is 3.48. The Hall–Kier alpha value is -3.07. The van der Waals surface area contributed by atoms with Crippen LogP contribution in [0.5, 0.6) is 5.75 Å². The molecule has 0 saturated heterocycles. The summed E-state index contributed by atoms with van der Waals surface area (Å²) in [6, 6.07) is 12.5. The largest absolute Gasteiger partial charge is 0.433 e. The maximum atomic E-state index is 13.2. The molecule has 0 radical (unpaired) electrons. The summed E-state index contributed by atoms with van der Waals surface area (Å²) in [6.45, 7) is -2.54. The molecule has 1 heterocycles. The van der Waals surface area contributed by atoms with Crippen molar-refractivity contribution in [2.75, 3.05) is 10.6 Å². The predicted octanol–water partition coefficient (Wildman–Crippen LogP) is 4.48. The van der Waals surface area contributed by atoms with Crippen molar-refractivity contribution in [3.63, 3.8) is 0 Å². The lowest BCUT2D eigenvalue weighted by molar-refractivity contribution is -0.0493. The molecule has 3 rings (SSSR count). The third-order valence-corrected chi connectivity index (χ3v) is 3.68. The van der Waals surface area contributed by atoms with Gasteiger partial charge in [-0.2, -0.15) is 13.9 Å². The van der Waals surface area contributed by atoms with Crippen molar-refractivity contribution in [1.29, 1.82) is 0 Å². The number of hydrogen-bond donors (Lipinski definition) is 2. The van der Waals surface area contributed by atoms with E-state index in [1.807, 2.05) is 0 Å². The average Bonchev–Trinajstić information content (AvgIpc) is 3.03. The Morgan fingerprint density at radius 3 is 2.74 bits per heavy atom. The summed E-state index contributed by atoms with van der Waals surface area (Å²) in [7, 11) is 0. The van der Waals surface area contributed by atoms with Crippen LogP contribution in [0.2, 0.25) is 0 Å². The van der Waals surface area contributed by atoms with Gasteiger partial charge in [0.1, 0.15) is 11.6 Å². The van der Waals surface area contributed by atoms with Gasteiger partial charge >= 0.3 is 6.61 Å². The molecule has 0 amide bonds. The summed E-state index contributed by atoms with van der Waals surface area (Å²) in [5.41, 5.74) is 1.67. The van der Waals surface area contributed by atoms with Gasteiger partial charge in [-0.3, -0.25) is 4.68 Å². The van der Waals surface area contributed by atoms with Crippen molar-refractivity contribution in [1.82, 2.24) is 9.78 Å². The van der Waals surface area contributed by atoms with Gasteiger partial charge in [-0.1, -0.05) is 24.3 Å². The number of nitrogens with zero attached hydrogens (tertiary/aromatic N) is 2. The van der Waals surface area contributed by atoms with E-state index in [1.165, 1.54) is 18.2 Å². The number of para-hydroxylation sites is 2. The Morgan fingerprint density at radius 2 is 1.96 bits per heavy atom. The zero-order valence-corrected chi connectivity index (χ0v) is 14.7. The van der Waals surface area contributed by atoms with Gasteiger partial charge in [-0.15, -0.1) is 0 Å². The third kappa shape index (κ3) is 5.45. The van der Waals surface area contributed by atoms with Crippen LogP contribution in [0.1, 0.15) is 5.56 Å². The first-order valence-corrected chi connectivity index (χ1v) is 8.29. The van der Waals surface area contributed by atoms with E-state index in [0.29, 0.717) is 17.9 Å². The van der Waals surface area contributed by atoms with Crippen molar-refractivity contribution in [2.24, 2.45) is 0 Å². The predicted molar refractivity (Wildman–Crippen MR) is 101 cm³/mol. The zero-order valence-electron chi connectivity index (χ0n) is 13.9. The Labute approximate surface area is 158 Å². The van der Waals surface area contributed by atoms with Gasteiger partial charge in [-0.05, 0) is 42.0 Å². The highest BCUT2D eigenvalue weighted by atomic mass is 32.1. The lowest BCUT2D eigenvalue weighted by Gasteiger charge is -2.13. The van der Waals surface area contributed by atoms with E-state index >= 15 is 0 Å². The average molecular weight is 392 g/mol. The lowest BCUT2D eigenvalue weighted by Crippen LogP contribution is -2.19. The summed E-state index contributed by atoms with van der Waals surface area (Å²) in [5.74, 6) is -0.327. The van der Waals surface area contributed by atoms with E-state index in [1.54, 1.807) is 47.4 Å². The molecule has 0 atom stereocenters. The molecule has 0 spiro atoms. The van der Waals surface area contributed by atoms with Gasteiger partial charge < -0.3 is 15.4 Å². The SMILES string of the molecule is Fc1cccc(Cn2cc(NC(=S)Nc3ccccc3OC(F)F)cn2)c1. The van der Waals surface area contributed by atoms with Crippen molar-refractivity contribution in [3.8, 4) is 5.75 Å². The molecule has 0 saturated carbocycles. The van der Waals surface area contributed by atoms with Crippen LogP contribution in [0.4, 0.5) is 24.5 Å². The van der Waals surface area contributed by atoms with Gasteiger partial charge in [0.2, 0.25) is 0 Å². The smallest absolute Gasteiger partial charge is 0.387 e. The van der Waals surface area contributed by atoms with Crippen LogP contribution in [0, 0.1) is 5.82 Å². The monoisotopic (exact) mass is 392 g/mol. The van der Waals surface area contributed by atoms with E-state index < -0.39 is 6.61 Å². The lowest BCUT2D eigenvalue weighted by atomic mass is 10.2. The zero-order chi connectivity index (χ0) is 19.2. The molecular formula is C18H15F3N4OS. The van der Waals surface area contributed by atoms with Gasteiger partial charge in [-0.25, -0.2) is 4.39 Å². The standard InChI is InChI=1S/C18H15F3N4OS/c19-13-5-3-4-12(8-13)10-25-11-14(9-22-25)23-18(27)24-15-6-1-2-7-16(15)26-17(20)21/h1-9,11,17H,10H2,(H2,23,24,27). The number of rotatable bonds is 6. The van der Waals surface area contributed by atoms with Crippen LogP contribution in [0.3, 0.4) is 0 Å². The Bertz CT molecular complexity index is 932. The first-order chi connectivity index (χ1) is 13.0. The Balaban J connectivity index is 1.61. The maximum absolute atomic E-state index is 13.2. The summed E-state index contributed by atoms with van der Waals surface area (Å²) < 4.78 is 44.2. The number of anilines is 2. The molecule has 0 aliphatic rings. The first-order valence-electron chi connectivity index (χ1n) is 7.88. The Morgan fingerprint density at radius 1 is 1.15 bits per heavy atom. The minimum absolute atomic E-state index is 0.0153. The van der Waals surface area contributed by atoms with E-state index in [-0.39, 0.29) is 16.7 Å². The number of ether oxygens (including phenoxy) is 1. The second kappa shape index (κ2) is 8.54. The maximum Gasteiger partial charge on any atom is 0.387 e. The van der Waals surface area contributed by atoms with Gasteiger partial charge in [0.15, 0.2) is 5.11 Å². The molecule has 0 aliphatic heterocycles. The van der Waals surface area contributed by atoms with Gasteiger partial charge in [0.25, 0.3) is 0 Å². The molecule has 1 aromatic heterocycles. The highest BCUT2D eigenvalue weighted by Crippen LogP contribution is 2.25. The number of aromatic nitrogens is 2. The van der Waals surface area contributed by atoms with E-state index in [0.717, 1.165) is 5.56 Å². The Kier molecular flexibility index (Phi) is 5.92. The molecule has 140 valence electrons. The normalized spacial score (nSPS) is 10.7. The molecule has 9 heteroatoms. The van der Waals surface area contributed by atoms with Crippen LogP contribution < -0.4 is 15.4 Å². The summed E-state index contributed by atoms with van der Waals surface area (Å²) in [5, 5.41) is 10.1. The van der Waals surface area contributed by atoms with Crippen LogP contribution in [-0.4, -0.2) is 21.5 Å². The van der Waals surface area contributed by atoms with E-state index in [9.17, 15) is 13.2 Å². The summed E-state index contributed by atoms with van der Waals surface area (Å²) in [6.07, 6.45) is 3.25. The van der Waals surface area contributed by atoms with Crippen LogP contribution >= 0.6 is 12.2 Å². The molecule has 0 fully saturated rings. The molecule has 2 N–H and O–H groups in total. The fraction of sp³-hybridized carbons (Fsp3) is 0.111. The second-order valence-electron chi connectivity index (χ2n) is 5.51. The molecular weight excluding hydrogens is 377 g/mol. The summed E-state index contributed by atoms with van der Waals surface area (Å²) in [4.78, 5) is 0. The fourth-order valence-electron chi connectivity index (χ4n) is 2.39. The molecule has 3 aromatic rings. The van der Waals surface area contributed by atoms with Crippen molar-refractivity contribution in [3.05, 3.63) is 72.3 Å². The highest BCUT2D eigenvalue weighted by Gasteiger charge is 2.10. The highest BCUT2D eigenvalue weighted by molar-refractivity contribution is 7.80. The van der Waals surface area contributed by atoms with Crippen LogP contribution in [-0.2, 0) is 6.54 Å². The van der Waals surface area contributed by atoms with Crippen LogP contribution in [0.15, 0.2) is 60.9 Å². The van der Waals surface area contributed by atoms with Crippen molar-refractivity contribution < 1.29 is 17.9 Å². The fourth-order valence-corrected chi connectivity index (χ4v) is 2.62. The quantitative estimate of drug-likeness (QED) is 0.606. The van der Waals surface area contributed by atoms with Crippen LogP contribution in [0.25, 0.3) is 0 Å². The van der Waals surface area contributed by atoms with Gasteiger partial charge in [0, 0.05) is 6.20 Å². The van der Waals surface area contributed by atoms with E-state index in [2.05, 4.69) is 20.5 Å². The summed E-state index contributed by atoms with van der Waals surface area (Å²) >= 11 is 5.20. The second-order valence-corrected chi connectivity index (χ2v) is 5.92. The molecule has 2 aromatic carbocycles. The molecule has 0 unspecified atom stereocenters. The minimum atomic E-state index is -2.93. The molecule has 27 heavy (non-hydrogen) atoms. The minimum Gasteiger partial charge on any atom is -0.433 e. The number of thiocarbonyl (C=S) groups is 1.